The summed E-state index contributed by atoms with van der Waals surface area (Å²) < 4.78 is 0. The van der Waals surface area contributed by atoms with Crippen LogP contribution in [-0.4, -0.2) is 0 Å². The Morgan fingerprint density at radius 3 is 0.164 bits per heavy atom. The van der Waals surface area contributed by atoms with Gasteiger partial charge in [-0.05, 0) is 0 Å². The second-order valence-electron chi connectivity index (χ2n) is 8.31. The molecule has 0 atom stereocenters. The normalized spacial score (nSPS) is 12.7. The fraction of sp³-hybridized carbons (Fsp3) is 0. The molecule has 0 aromatic rings. The molecule has 0 aliphatic heterocycles. The molecule has 0 spiro atoms. The molecule has 0 aromatic heterocycles. The molecule has 0 unspecified atom stereocenters. The van der Waals surface area contributed by atoms with E-state index in [-0.39, 0.29) is 55.7 Å². The fourth-order valence-electron chi connectivity index (χ4n) is 1.22. The number of nitrogens with zero attached hydrogens (tertiary/aromatic N) is 24. The summed E-state index contributed by atoms with van der Waals surface area (Å²) in [7, 11) is -25.7. The summed E-state index contributed by atoms with van der Waals surface area (Å²) in [4.78, 5) is 25.2. The van der Waals surface area contributed by atoms with Crippen LogP contribution in [0.3, 0.4) is 0 Å². The van der Waals surface area contributed by atoms with E-state index in [4.69, 9.17) is 126 Å². The predicted molar refractivity (Wildman–Crippen MR) is 135 cm³/mol. The summed E-state index contributed by atoms with van der Waals surface area (Å²) >= 11 is 0. The van der Waals surface area contributed by atoms with Crippen LogP contribution in [0.25, 0.3) is 0 Å². The number of rotatable bonds is 0. The van der Waals surface area contributed by atoms with Crippen molar-refractivity contribution >= 4 is 0 Å². The molecule has 3 radical (unpaired) electrons. The van der Waals surface area contributed by atoms with E-state index in [1.54, 1.807) is 0 Å². The van der Waals surface area contributed by atoms with E-state index in [1.807, 2.05) is 0 Å². The maximum absolute atomic E-state index is 8.59. The van der Waals surface area contributed by atoms with Crippen LogP contribution in [0.4, 0.5) is 0 Å². The summed E-state index contributed by atoms with van der Waals surface area (Å²) in [6.45, 7) is 0. The average Bonchev–Trinajstić information content (AvgIpc) is 3.27. The molecule has 24 nitrogen and oxygen atoms in total. The van der Waals surface area contributed by atoms with Crippen molar-refractivity contribution in [1.82, 2.24) is 0 Å². The summed E-state index contributed by atoms with van der Waals surface area (Å²) in [5.74, 6) is 0. The second-order valence-corrected chi connectivity index (χ2v) is 34.3. The maximum atomic E-state index is 8.59. The van der Waals surface area contributed by atoms with Crippen molar-refractivity contribution in [3.05, 3.63) is 0 Å². The quantitative estimate of drug-likeness (QED) is 0.317. The molecule has 0 heterocycles. The van der Waals surface area contributed by atoms with Crippen LogP contribution in [0, 0.1) is 245 Å². The number of hydrogen-bond acceptors (Lipinski definition) is 24. The Hall–Kier alpha value is -8.36. The van der Waals surface area contributed by atoms with Crippen LogP contribution >= 0.6 is 0 Å². The SMILES string of the molecule is N#[C][Cr-3]([C]#N)([C]#N)([C]#N)([C]#N)[C]#N.N#[C][Cr-3]([C]#N)([C]#N)([C]#N)([C]#N)[C]#N.N#[C][Cr-3]([C]#N)([C]#N)([C]#N)([C]#N)[C]#N.N#[C][Cr-3]([C]#N)([C]#N)([C]#N)([C]#N)[C]#N.[V+4].[V+4].[V+4]. The molecule has 0 fully saturated rings. The summed E-state index contributed by atoms with van der Waals surface area (Å²) in [5, 5.41) is 206. The summed E-state index contributed by atoms with van der Waals surface area (Å²) in [6.07, 6.45) is 0. The van der Waals surface area contributed by atoms with Gasteiger partial charge < -0.3 is 0 Å². The van der Waals surface area contributed by atoms with Crippen LogP contribution in [0.15, 0.2) is 0 Å². The monoisotopic (exact) mass is 985 g/mol. The van der Waals surface area contributed by atoms with Gasteiger partial charge in [-0.1, -0.05) is 0 Å². The first-order valence-electron chi connectivity index (χ1n) is 10.3. The molecular formula is C24Cr4N24V3. The van der Waals surface area contributed by atoms with Gasteiger partial charge in [-0.2, -0.15) is 0 Å². The van der Waals surface area contributed by atoms with E-state index in [0.717, 1.165) is 118 Å². The van der Waals surface area contributed by atoms with Gasteiger partial charge in [-0.15, -0.1) is 0 Å². The molecule has 55 heavy (non-hydrogen) atoms. The topological polar surface area (TPSA) is 571 Å². The molecule has 31 heteroatoms. The van der Waals surface area contributed by atoms with Crippen molar-refractivity contribution in [2.24, 2.45) is 0 Å². The van der Waals surface area contributed by atoms with E-state index >= 15 is 0 Å². The fourth-order valence-corrected chi connectivity index (χ4v) is 5.05. The van der Waals surface area contributed by atoms with Crippen molar-refractivity contribution < 1.29 is 99.4 Å². The third-order valence-corrected chi connectivity index (χ3v) is 22.6. The molecular weight excluding hydrogens is 985 g/mol. The first-order chi connectivity index (χ1) is 23.9. The third kappa shape index (κ3) is 6.97. The second kappa shape index (κ2) is 15.9. The Morgan fingerprint density at radius 1 is 0.127 bits per heavy atom. The van der Waals surface area contributed by atoms with Crippen LogP contribution in [0.1, 0.15) is 0 Å². The molecule has 0 saturated carbocycles. The molecule has 0 aliphatic carbocycles. The van der Waals surface area contributed by atoms with Crippen molar-refractivity contribution in [2.45, 2.75) is 0 Å². The van der Waals surface area contributed by atoms with Crippen LogP contribution in [0.5, 0.6) is 0 Å². The zero-order chi connectivity index (χ0) is 42.6. The van der Waals surface area contributed by atoms with E-state index in [1.165, 1.54) is 0 Å². The Kier molecular flexibility index (Phi) is 17.9. The van der Waals surface area contributed by atoms with Crippen LogP contribution in [0.2, 0.25) is 0 Å². The van der Waals surface area contributed by atoms with Gasteiger partial charge in [0.2, 0.25) is 0 Å². The van der Waals surface area contributed by atoms with Gasteiger partial charge in [-0.25, -0.2) is 0 Å². The molecule has 0 rings (SSSR count). The standard InChI is InChI=1S/24CN.4Cr.3V/c24*1-2;;;;;;;/q;;;;;;;;;;;;;;;;;;;;;;;;4*-3;3*+4. The predicted octanol–water partition coefficient (Wildman–Crippen LogP) is 0.385. The minimum atomic E-state index is -6.43. The molecule has 0 amide bonds. The Morgan fingerprint density at radius 2 is 0.164 bits per heavy atom. The van der Waals surface area contributed by atoms with E-state index in [0.29, 0.717) is 0 Å². The Bertz CT molecular complexity index is 1970. The summed E-state index contributed by atoms with van der Waals surface area (Å²) in [5.41, 5.74) is 0. The zero-order valence-corrected chi connectivity index (χ0v) is 35.0. The molecule has 0 bridgehead atoms. The van der Waals surface area contributed by atoms with Gasteiger partial charge in [0.25, 0.3) is 0 Å². The average molecular weight is 985 g/mol. The van der Waals surface area contributed by atoms with Gasteiger partial charge in [-0.3, -0.25) is 0 Å². The first-order valence-corrected chi connectivity index (χ1v) is 25.6. The van der Waals surface area contributed by atoms with E-state index < -0.39 is 43.7 Å². The first kappa shape index (κ1) is 61.8. The van der Waals surface area contributed by atoms with E-state index in [9.17, 15) is 0 Å². The Labute approximate surface area is 340 Å². The van der Waals surface area contributed by atoms with Gasteiger partial charge in [0, 0.05) is 0 Å². The number of nitriles is 24. The van der Waals surface area contributed by atoms with E-state index in [2.05, 4.69) is 0 Å². The minimum absolute atomic E-state index is 0. The maximum Gasteiger partial charge on any atom is 4.00 e. The van der Waals surface area contributed by atoms with Gasteiger partial charge in [0.1, 0.15) is 0 Å². The van der Waals surface area contributed by atoms with Gasteiger partial charge in [0.05, 0.1) is 0 Å². The van der Waals surface area contributed by atoms with Crippen molar-refractivity contribution in [3.8, 4) is 118 Å². The smallest absolute Gasteiger partial charge is 4.00 e. The van der Waals surface area contributed by atoms with Crippen LogP contribution < -0.4 is 0 Å². The number of hydrogen-bond donors (Lipinski definition) is 0. The zero-order valence-electron chi connectivity index (χ0n) is 25.7. The van der Waals surface area contributed by atoms with Gasteiger partial charge >= 0.3 is 344 Å². The van der Waals surface area contributed by atoms with Crippen molar-refractivity contribution in [1.29, 1.82) is 126 Å². The minimum Gasteiger partial charge on any atom is 4.00 e. The van der Waals surface area contributed by atoms with Gasteiger partial charge in [0.15, 0.2) is 0 Å². The molecule has 255 valence electrons. The van der Waals surface area contributed by atoms with Crippen molar-refractivity contribution in [2.75, 3.05) is 0 Å². The largest absolute Gasteiger partial charge is 4.00 e. The molecule has 0 saturated heterocycles. The third-order valence-electron chi connectivity index (χ3n) is 5.48. The summed E-state index contributed by atoms with van der Waals surface area (Å²) in [6, 6.07) is 0. The molecule has 0 aromatic carbocycles. The molecule has 0 N–H and O–H groups in total. The van der Waals surface area contributed by atoms with Crippen molar-refractivity contribution in [3.63, 3.8) is 0 Å². The molecule has 0 aliphatic rings. The van der Waals surface area contributed by atoms with Crippen LogP contribution in [-0.2, 0) is 99.4 Å². The Balaban J connectivity index is -0.000000110.